The predicted octanol–water partition coefficient (Wildman–Crippen LogP) is 15.1. The molecule has 4 heteroatoms. The van der Waals surface area contributed by atoms with Crippen molar-refractivity contribution in [3.63, 3.8) is 0 Å². The third kappa shape index (κ3) is 5.45. The Hall–Kier alpha value is -7.56. The fourth-order valence-electron chi connectivity index (χ4n) is 10.4. The molecule has 292 valence electrons. The van der Waals surface area contributed by atoms with Gasteiger partial charge in [-0.3, -0.25) is 0 Å². The number of benzene rings is 9. The summed E-state index contributed by atoms with van der Waals surface area (Å²) < 4.78 is 4.94. The summed E-state index contributed by atoms with van der Waals surface area (Å²) in [5, 5.41) is 11.5. The SMILES string of the molecule is CC1Cc2c(n(C)c3c2c2ccccc2c2c4ccc(N(c5ccccc5)c5ccc6ccccc6c5)cc4n(C)c23)C=C1N(c1ccccc1)c1ccc2ccccc2c1. The Labute approximate surface area is 355 Å². The van der Waals surface area contributed by atoms with Crippen molar-refractivity contribution in [2.24, 2.45) is 20.0 Å². The molecule has 0 spiro atoms. The highest BCUT2D eigenvalue weighted by atomic mass is 15.2. The predicted molar refractivity (Wildman–Crippen MR) is 260 cm³/mol. The minimum absolute atomic E-state index is 0.272. The number of hydrogen-bond donors (Lipinski definition) is 0. The molecule has 1 aliphatic rings. The minimum Gasteiger partial charge on any atom is -0.342 e. The third-order valence-corrected chi connectivity index (χ3v) is 13.2. The Morgan fingerprint density at radius 1 is 0.426 bits per heavy atom. The lowest BCUT2D eigenvalue weighted by Gasteiger charge is -2.34. The van der Waals surface area contributed by atoms with E-state index in [0.29, 0.717) is 0 Å². The van der Waals surface area contributed by atoms with E-state index >= 15 is 0 Å². The van der Waals surface area contributed by atoms with Gasteiger partial charge in [-0.2, -0.15) is 0 Å². The molecule has 0 saturated carbocycles. The summed E-state index contributed by atoms with van der Waals surface area (Å²) >= 11 is 0. The molecule has 1 atom stereocenters. The van der Waals surface area contributed by atoms with E-state index in [4.69, 9.17) is 0 Å². The van der Waals surface area contributed by atoms with Crippen LogP contribution < -0.4 is 9.80 Å². The van der Waals surface area contributed by atoms with E-state index in [-0.39, 0.29) is 5.92 Å². The first-order chi connectivity index (χ1) is 30.0. The van der Waals surface area contributed by atoms with Crippen LogP contribution in [0.25, 0.3) is 71.1 Å². The smallest absolute Gasteiger partial charge is 0.0742 e. The van der Waals surface area contributed by atoms with E-state index < -0.39 is 0 Å². The van der Waals surface area contributed by atoms with Gasteiger partial charge in [-0.05, 0) is 111 Å². The van der Waals surface area contributed by atoms with E-state index in [9.17, 15) is 0 Å². The Morgan fingerprint density at radius 2 is 0.918 bits per heavy atom. The van der Waals surface area contributed by atoms with Gasteiger partial charge >= 0.3 is 0 Å². The van der Waals surface area contributed by atoms with Crippen LogP contribution in [0.15, 0.2) is 194 Å². The van der Waals surface area contributed by atoms with E-state index in [1.807, 2.05) is 0 Å². The molecule has 0 aliphatic heterocycles. The van der Waals surface area contributed by atoms with Crippen LogP contribution in [0.3, 0.4) is 0 Å². The zero-order valence-electron chi connectivity index (χ0n) is 34.5. The summed E-state index contributed by atoms with van der Waals surface area (Å²) in [5.41, 5.74) is 13.5. The first-order valence-corrected chi connectivity index (χ1v) is 21.4. The summed E-state index contributed by atoms with van der Waals surface area (Å²) in [6, 6.07) is 68.7. The minimum atomic E-state index is 0.272. The van der Waals surface area contributed by atoms with Gasteiger partial charge in [0.1, 0.15) is 0 Å². The number of anilines is 5. The molecule has 9 aromatic carbocycles. The van der Waals surface area contributed by atoms with Crippen LogP contribution in [-0.2, 0) is 20.5 Å². The monoisotopic (exact) mass is 784 g/mol. The maximum atomic E-state index is 2.49. The van der Waals surface area contributed by atoms with Crippen LogP contribution in [0.2, 0.25) is 0 Å². The average molecular weight is 785 g/mol. The fraction of sp³-hybridized carbons (Fsp3) is 0.0877. The molecule has 0 saturated heterocycles. The van der Waals surface area contributed by atoms with Crippen LogP contribution >= 0.6 is 0 Å². The molecule has 0 N–H and O–H groups in total. The number of fused-ring (bicyclic) bond motifs is 12. The van der Waals surface area contributed by atoms with Crippen molar-refractivity contribution < 1.29 is 0 Å². The van der Waals surface area contributed by atoms with Crippen LogP contribution in [-0.4, -0.2) is 9.13 Å². The van der Waals surface area contributed by atoms with E-state index in [2.05, 4.69) is 234 Å². The Balaban J connectivity index is 1.09. The second-order valence-corrected chi connectivity index (χ2v) is 16.8. The van der Waals surface area contributed by atoms with Crippen molar-refractivity contribution in [3.05, 3.63) is 205 Å². The van der Waals surface area contributed by atoms with Gasteiger partial charge in [-0.25, -0.2) is 0 Å². The molecule has 12 rings (SSSR count). The number of aromatic nitrogens is 2. The van der Waals surface area contributed by atoms with Crippen molar-refractivity contribution in [3.8, 4) is 0 Å². The lowest BCUT2D eigenvalue weighted by atomic mass is 9.87. The maximum absolute atomic E-state index is 2.49. The standard InChI is InChI=1S/C57H44N4/c1-37-32-50-53(36-51(37)61(43-22-8-5-9-23-43)45-29-27-39-17-11-13-19-41(39)34-45)59(3)57-55(50)48-25-15-14-24-47(48)54-49-31-30-46(35-52(49)58(2)56(54)57)60(42-20-6-4-7-21-42)44-28-26-38-16-10-12-18-40(38)33-44/h4-31,33-37H,32H2,1-3H3. The molecular weight excluding hydrogens is 741 g/mol. The molecule has 2 heterocycles. The van der Waals surface area contributed by atoms with Gasteiger partial charge in [0.05, 0.1) is 16.6 Å². The molecule has 2 aromatic heterocycles. The molecule has 0 bridgehead atoms. The lowest BCUT2D eigenvalue weighted by Crippen LogP contribution is -2.25. The van der Waals surface area contributed by atoms with Crippen molar-refractivity contribution in [1.29, 1.82) is 0 Å². The molecule has 11 aromatic rings. The van der Waals surface area contributed by atoms with E-state index in [1.54, 1.807) is 0 Å². The second-order valence-electron chi connectivity index (χ2n) is 16.8. The van der Waals surface area contributed by atoms with Gasteiger partial charge in [0.25, 0.3) is 0 Å². The number of para-hydroxylation sites is 2. The highest BCUT2D eigenvalue weighted by Crippen LogP contribution is 2.48. The summed E-state index contributed by atoms with van der Waals surface area (Å²) in [6.07, 6.45) is 3.42. The summed E-state index contributed by atoms with van der Waals surface area (Å²) in [7, 11) is 4.54. The molecule has 1 unspecified atom stereocenters. The Morgan fingerprint density at radius 3 is 1.56 bits per heavy atom. The zero-order chi connectivity index (χ0) is 40.8. The molecule has 0 fully saturated rings. The first-order valence-electron chi connectivity index (χ1n) is 21.4. The topological polar surface area (TPSA) is 16.3 Å². The number of hydrogen-bond acceptors (Lipinski definition) is 2. The van der Waals surface area contributed by atoms with E-state index in [0.717, 1.165) is 23.5 Å². The molecule has 0 amide bonds. The molecular formula is C57H44N4. The quantitative estimate of drug-likeness (QED) is 0.167. The van der Waals surface area contributed by atoms with Gasteiger partial charge in [-0.15, -0.1) is 0 Å². The summed E-state index contributed by atoms with van der Waals surface area (Å²) in [4.78, 5) is 4.87. The number of nitrogens with zero attached hydrogens (tertiary/aromatic N) is 4. The van der Waals surface area contributed by atoms with E-state index in [1.165, 1.54) is 93.4 Å². The van der Waals surface area contributed by atoms with Crippen molar-refractivity contribution >= 4 is 99.5 Å². The van der Waals surface area contributed by atoms with Gasteiger partial charge in [0.2, 0.25) is 0 Å². The van der Waals surface area contributed by atoms with Crippen LogP contribution in [0, 0.1) is 5.92 Å². The van der Waals surface area contributed by atoms with Crippen molar-refractivity contribution in [1.82, 2.24) is 9.13 Å². The summed E-state index contributed by atoms with van der Waals surface area (Å²) in [5.74, 6) is 0.272. The third-order valence-electron chi connectivity index (χ3n) is 13.2. The van der Waals surface area contributed by atoms with Gasteiger partial charge < -0.3 is 18.9 Å². The van der Waals surface area contributed by atoms with Crippen LogP contribution in [0.5, 0.6) is 0 Å². The lowest BCUT2D eigenvalue weighted by molar-refractivity contribution is 0.655. The Bertz CT molecular complexity index is 3550. The fourth-order valence-corrected chi connectivity index (χ4v) is 10.4. The zero-order valence-corrected chi connectivity index (χ0v) is 34.5. The van der Waals surface area contributed by atoms with Gasteiger partial charge in [0.15, 0.2) is 0 Å². The highest BCUT2D eigenvalue weighted by Gasteiger charge is 2.31. The number of aryl methyl sites for hydroxylation is 2. The normalized spacial score (nSPS) is 14.0. The molecule has 4 nitrogen and oxygen atoms in total. The molecule has 1 aliphatic carbocycles. The number of allylic oxidation sites excluding steroid dienone is 1. The van der Waals surface area contributed by atoms with Crippen LogP contribution in [0.4, 0.5) is 28.4 Å². The summed E-state index contributed by atoms with van der Waals surface area (Å²) in [6.45, 7) is 2.40. The second kappa shape index (κ2) is 13.8. The van der Waals surface area contributed by atoms with Crippen molar-refractivity contribution in [2.75, 3.05) is 9.80 Å². The Kier molecular flexibility index (Phi) is 7.98. The van der Waals surface area contributed by atoms with Gasteiger partial charge in [0, 0.05) is 76.0 Å². The number of rotatable bonds is 6. The highest BCUT2D eigenvalue weighted by molar-refractivity contribution is 6.32. The average Bonchev–Trinajstić information content (AvgIpc) is 3.76. The van der Waals surface area contributed by atoms with Crippen molar-refractivity contribution in [2.45, 2.75) is 13.3 Å². The largest absolute Gasteiger partial charge is 0.342 e. The first kappa shape index (κ1) is 35.4. The van der Waals surface area contributed by atoms with Crippen LogP contribution in [0.1, 0.15) is 18.2 Å². The molecule has 61 heavy (non-hydrogen) atoms. The van der Waals surface area contributed by atoms with Gasteiger partial charge in [-0.1, -0.05) is 134 Å². The maximum Gasteiger partial charge on any atom is 0.0742 e. The molecule has 0 radical (unpaired) electrons.